The SMILES string of the molecule is C=CCN(C(=O)c1ccc2c(c1)nc(NC(=C)c1ccccc1)n2CCC(N)=O)C1CCCCC1. The fourth-order valence-corrected chi connectivity index (χ4v) is 4.75. The number of hydrogen-bond acceptors (Lipinski definition) is 4. The van der Waals surface area contributed by atoms with E-state index in [0.717, 1.165) is 36.8 Å². The van der Waals surface area contributed by atoms with Crippen molar-refractivity contribution in [2.75, 3.05) is 11.9 Å². The highest BCUT2D eigenvalue weighted by atomic mass is 16.2. The second kappa shape index (κ2) is 11.0. The first-order valence-corrected chi connectivity index (χ1v) is 12.2. The van der Waals surface area contributed by atoms with Crippen LogP contribution in [0.5, 0.6) is 0 Å². The number of imidazole rings is 1. The number of benzene rings is 2. The van der Waals surface area contributed by atoms with Crippen molar-refractivity contribution in [3.05, 3.63) is 78.9 Å². The Morgan fingerprint density at radius 1 is 1.11 bits per heavy atom. The van der Waals surface area contributed by atoms with Gasteiger partial charge in [0.2, 0.25) is 11.9 Å². The van der Waals surface area contributed by atoms with Gasteiger partial charge in [-0.25, -0.2) is 4.98 Å². The lowest BCUT2D eigenvalue weighted by molar-refractivity contribution is -0.118. The number of nitrogens with two attached hydrogens (primary N) is 1. The summed E-state index contributed by atoms with van der Waals surface area (Å²) in [6.07, 6.45) is 7.54. The van der Waals surface area contributed by atoms with Crippen molar-refractivity contribution < 1.29 is 9.59 Å². The topological polar surface area (TPSA) is 93.2 Å². The van der Waals surface area contributed by atoms with Crippen molar-refractivity contribution in [3.8, 4) is 0 Å². The monoisotopic (exact) mass is 471 g/mol. The van der Waals surface area contributed by atoms with E-state index in [1.807, 2.05) is 58.0 Å². The minimum atomic E-state index is -0.390. The van der Waals surface area contributed by atoms with Crippen LogP contribution in [0.25, 0.3) is 16.7 Å². The molecule has 3 aromatic rings. The Labute approximate surface area is 206 Å². The van der Waals surface area contributed by atoms with Gasteiger partial charge in [-0.05, 0) is 36.6 Å². The third-order valence-electron chi connectivity index (χ3n) is 6.56. The highest BCUT2D eigenvalue weighted by Crippen LogP contribution is 2.27. The molecule has 0 atom stereocenters. The van der Waals surface area contributed by atoms with Crippen LogP contribution >= 0.6 is 0 Å². The van der Waals surface area contributed by atoms with Crippen molar-refractivity contribution in [2.45, 2.75) is 51.1 Å². The zero-order valence-corrected chi connectivity index (χ0v) is 20.1. The van der Waals surface area contributed by atoms with Gasteiger partial charge < -0.3 is 20.5 Å². The predicted octanol–water partition coefficient (Wildman–Crippen LogP) is 4.96. The van der Waals surface area contributed by atoms with Crippen LogP contribution in [0.15, 0.2) is 67.8 Å². The molecular formula is C28H33N5O2. The van der Waals surface area contributed by atoms with Crippen LogP contribution in [0, 0.1) is 0 Å². The number of aromatic nitrogens is 2. The second-order valence-corrected chi connectivity index (χ2v) is 9.01. The minimum Gasteiger partial charge on any atom is -0.370 e. The molecule has 0 saturated heterocycles. The zero-order valence-electron chi connectivity index (χ0n) is 20.1. The van der Waals surface area contributed by atoms with E-state index in [1.165, 1.54) is 6.42 Å². The number of fused-ring (bicyclic) bond motifs is 1. The maximum Gasteiger partial charge on any atom is 0.254 e. The fourth-order valence-electron chi connectivity index (χ4n) is 4.75. The third-order valence-corrected chi connectivity index (χ3v) is 6.56. The lowest BCUT2D eigenvalue weighted by Crippen LogP contribution is -2.41. The molecule has 7 nitrogen and oxygen atoms in total. The molecule has 7 heteroatoms. The molecule has 3 N–H and O–H groups in total. The molecule has 35 heavy (non-hydrogen) atoms. The van der Waals surface area contributed by atoms with E-state index in [0.29, 0.717) is 35.8 Å². The summed E-state index contributed by atoms with van der Waals surface area (Å²) < 4.78 is 1.91. The van der Waals surface area contributed by atoms with Gasteiger partial charge in [-0.1, -0.05) is 62.2 Å². The quantitative estimate of drug-likeness (QED) is 0.409. The molecule has 2 aromatic carbocycles. The Hall–Kier alpha value is -3.87. The third kappa shape index (κ3) is 5.62. The summed E-state index contributed by atoms with van der Waals surface area (Å²) in [6, 6.07) is 15.5. The highest BCUT2D eigenvalue weighted by Gasteiger charge is 2.26. The first-order chi connectivity index (χ1) is 17.0. The number of hydrogen-bond donors (Lipinski definition) is 2. The molecule has 2 amide bonds. The number of rotatable bonds is 10. The molecule has 0 bridgehead atoms. The number of carbonyl (C=O) groups excluding carboxylic acids is 2. The minimum absolute atomic E-state index is 0.00593. The molecule has 1 saturated carbocycles. The van der Waals surface area contributed by atoms with Crippen LogP contribution in [0.2, 0.25) is 0 Å². The summed E-state index contributed by atoms with van der Waals surface area (Å²) in [5, 5.41) is 3.28. The number of anilines is 1. The van der Waals surface area contributed by atoms with Crippen molar-refractivity contribution >= 4 is 34.5 Å². The summed E-state index contributed by atoms with van der Waals surface area (Å²) in [7, 11) is 0. The Morgan fingerprint density at radius 2 is 1.86 bits per heavy atom. The Morgan fingerprint density at radius 3 is 2.54 bits per heavy atom. The van der Waals surface area contributed by atoms with Crippen LogP contribution in [0.3, 0.4) is 0 Å². The maximum absolute atomic E-state index is 13.5. The van der Waals surface area contributed by atoms with Crippen molar-refractivity contribution in [2.24, 2.45) is 5.73 Å². The molecule has 1 heterocycles. The summed E-state index contributed by atoms with van der Waals surface area (Å²) >= 11 is 0. The Balaban J connectivity index is 1.66. The van der Waals surface area contributed by atoms with Gasteiger partial charge in [0.05, 0.1) is 11.0 Å². The van der Waals surface area contributed by atoms with Crippen LogP contribution in [0.1, 0.15) is 54.4 Å². The van der Waals surface area contributed by atoms with Gasteiger partial charge >= 0.3 is 0 Å². The van der Waals surface area contributed by atoms with Crippen LogP contribution in [-0.4, -0.2) is 38.9 Å². The molecular weight excluding hydrogens is 438 g/mol. The summed E-state index contributed by atoms with van der Waals surface area (Å²) in [5.41, 5.74) is 9.13. The van der Waals surface area contributed by atoms with E-state index in [4.69, 9.17) is 10.7 Å². The number of carbonyl (C=O) groups is 2. The van der Waals surface area contributed by atoms with Gasteiger partial charge in [-0.3, -0.25) is 9.59 Å². The summed E-state index contributed by atoms with van der Waals surface area (Å²) in [4.78, 5) is 31.7. The Bertz CT molecular complexity index is 1220. The number of amides is 2. The molecule has 0 unspecified atom stereocenters. The number of primary amides is 1. The molecule has 0 radical (unpaired) electrons. The van der Waals surface area contributed by atoms with Crippen molar-refractivity contribution in [3.63, 3.8) is 0 Å². The average molecular weight is 472 g/mol. The standard InChI is InChI=1S/C28H33N5O2/c1-3-17-32(23-12-8-5-9-13-23)27(35)22-14-15-25-24(19-22)31-28(33(25)18-16-26(29)34)30-20(2)21-10-6-4-7-11-21/h3-4,6-7,10-11,14-15,19,23H,1-2,5,8-9,12-13,16-18H2,(H2,29,34)(H,30,31). The van der Waals surface area contributed by atoms with Crippen LogP contribution in [-0.2, 0) is 11.3 Å². The predicted molar refractivity (Wildman–Crippen MR) is 141 cm³/mol. The Kier molecular flexibility index (Phi) is 7.65. The van der Waals surface area contributed by atoms with E-state index >= 15 is 0 Å². The maximum atomic E-state index is 13.5. The van der Waals surface area contributed by atoms with Gasteiger partial charge in [-0.15, -0.1) is 6.58 Å². The molecule has 0 spiro atoms. The van der Waals surface area contributed by atoms with Gasteiger partial charge in [0.25, 0.3) is 5.91 Å². The van der Waals surface area contributed by atoms with Crippen molar-refractivity contribution in [1.82, 2.24) is 14.5 Å². The molecule has 0 aliphatic heterocycles. The van der Waals surface area contributed by atoms with E-state index in [2.05, 4.69) is 18.5 Å². The first-order valence-electron chi connectivity index (χ1n) is 12.2. The zero-order chi connectivity index (χ0) is 24.8. The van der Waals surface area contributed by atoms with Gasteiger partial charge in [0, 0.05) is 36.8 Å². The van der Waals surface area contributed by atoms with Crippen LogP contribution < -0.4 is 11.1 Å². The number of nitrogens with zero attached hydrogens (tertiary/aromatic N) is 3. The van der Waals surface area contributed by atoms with Gasteiger partial charge in [0.1, 0.15) is 0 Å². The molecule has 1 fully saturated rings. The average Bonchev–Trinajstić information content (AvgIpc) is 3.22. The molecule has 4 rings (SSSR count). The summed E-state index contributed by atoms with van der Waals surface area (Å²) in [5.74, 6) is 0.155. The molecule has 182 valence electrons. The summed E-state index contributed by atoms with van der Waals surface area (Å²) in [6.45, 7) is 8.90. The van der Waals surface area contributed by atoms with Crippen molar-refractivity contribution in [1.29, 1.82) is 0 Å². The number of nitrogens with one attached hydrogen (secondary N) is 1. The normalized spacial score (nSPS) is 13.9. The van der Waals surface area contributed by atoms with E-state index < -0.39 is 0 Å². The van der Waals surface area contributed by atoms with E-state index in [1.54, 1.807) is 6.08 Å². The van der Waals surface area contributed by atoms with Gasteiger partial charge in [0.15, 0.2) is 0 Å². The second-order valence-electron chi connectivity index (χ2n) is 9.01. The molecule has 1 aliphatic rings. The molecule has 1 aliphatic carbocycles. The fraction of sp³-hybridized carbons (Fsp3) is 0.321. The number of aryl methyl sites for hydroxylation is 1. The largest absolute Gasteiger partial charge is 0.370 e. The van der Waals surface area contributed by atoms with E-state index in [9.17, 15) is 9.59 Å². The smallest absolute Gasteiger partial charge is 0.254 e. The van der Waals surface area contributed by atoms with Gasteiger partial charge in [-0.2, -0.15) is 0 Å². The lowest BCUT2D eigenvalue weighted by atomic mass is 9.93. The highest BCUT2D eigenvalue weighted by molar-refractivity contribution is 5.98. The lowest BCUT2D eigenvalue weighted by Gasteiger charge is -2.33. The first kappa shape index (κ1) is 24.3. The van der Waals surface area contributed by atoms with Crippen LogP contribution in [0.4, 0.5) is 5.95 Å². The van der Waals surface area contributed by atoms with E-state index in [-0.39, 0.29) is 24.3 Å². The molecule has 1 aromatic heterocycles.